The van der Waals surface area contributed by atoms with Crippen molar-refractivity contribution in [3.8, 4) is 28.5 Å². The Balaban J connectivity index is 1.91. The van der Waals surface area contributed by atoms with E-state index in [9.17, 15) is 9.18 Å². The first-order valence-electron chi connectivity index (χ1n) is 10.9. The van der Waals surface area contributed by atoms with Gasteiger partial charge < -0.3 is 4.90 Å². The third kappa shape index (κ3) is 4.01. The van der Waals surface area contributed by atoms with Crippen LogP contribution < -0.4 is 10.5 Å². The molecule has 0 unspecified atom stereocenters. The molecule has 0 amide bonds. The molecule has 6 nitrogen and oxygen atoms in total. The first kappa shape index (κ1) is 21.7. The van der Waals surface area contributed by atoms with Gasteiger partial charge in [-0.25, -0.2) is 9.37 Å². The van der Waals surface area contributed by atoms with Crippen LogP contribution in [0.2, 0.25) is 0 Å². The summed E-state index contributed by atoms with van der Waals surface area (Å²) in [5.74, 6) is 0.632. The maximum Gasteiger partial charge on any atom is 0.263 e. The van der Waals surface area contributed by atoms with Gasteiger partial charge in [0.25, 0.3) is 5.56 Å². The second-order valence-corrected chi connectivity index (χ2v) is 8.33. The zero-order chi connectivity index (χ0) is 22.8. The standard InChI is InChI=1S/C25H26FN5O/c1-4-17-9-11-31(12-10-17)25-29-23(18-7-8-19(14-27)21(26)13-18)22(24(32)30(25)3)20-6-5-16(2)28-15-20/h5-8,13,15,17H,4,9-12H2,1-3H3. The van der Waals surface area contributed by atoms with Crippen molar-refractivity contribution in [1.29, 1.82) is 5.26 Å². The lowest BCUT2D eigenvalue weighted by Gasteiger charge is -2.33. The fourth-order valence-electron chi connectivity index (χ4n) is 4.25. The molecule has 3 aromatic rings. The van der Waals surface area contributed by atoms with Crippen LogP contribution in [0.3, 0.4) is 0 Å². The number of pyridine rings is 1. The van der Waals surface area contributed by atoms with Gasteiger partial charge in [0.2, 0.25) is 5.95 Å². The smallest absolute Gasteiger partial charge is 0.263 e. The number of hydrogen-bond acceptors (Lipinski definition) is 5. The van der Waals surface area contributed by atoms with E-state index >= 15 is 0 Å². The second-order valence-electron chi connectivity index (χ2n) is 8.33. The van der Waals surface area contributed by atoms with Gasteiger partial charge in [0.1, 0.15) is 11.9 Å². The molecule has 0 N–H and O–H groups in total. The van der Waals surface area contributed by atoms with Crippen molar-refractivity contribution in [1.82, 2.24) is 14.5 Å². The number of nitriles is 1. The summed E-state index contributed by atoms with van der Waals surface area (Å²) >= 11 is 0. The molecule has 1 fully saturated rings. The first-order chi connectivity index (χ1) is 15.4. The van der Waals surface area contributed by atoms with Crippen molar-refractivity contribution in [3.63, 3.8) is 0 Å². The Morgan fingerprint density at radius 2 is 1.91 bits per heavy atom. The van der Waals surface area contributed by atoms with E-state index in [2.05, 4.69) is 16.8 Å². The molecule has 2 aromatic heterocycles. The molecule has 4 rings (SSSR count). The fourth-order valence-corrected chi connectivity index (χ4v) is 4.25. The summed E-state index contributed by atoms with van der Waals surface area (Å²) in [6.45, 7) is 5.73. The highest BCUT2D eigenvalue weighted by atomic mass is 19.1. The lowest BCUT2D eigenvalue weighted by atomic mass is 9.94. The lowest BCUT2D eigenvalue weighted by Crippen LogP contribution is -2.38. The van der Waals surface area contributed by atoms with Crippen molar-refractivity contribution in [2.45, 2.75) is 33.1 Å². The molecule has 1 saturated heterocycles. The van der Waals surface area contributed by atoms with Crippen molar-refractivity contribution in [2.24, 2.45) is 13.0 Å². The van der Waals surface area contributed by atoms with Gasteiger partial charge in [-0.15, -0.1) is 0 Å². The van der Waals surface area contributed by atoms with Gasteiger partial charge in [-0.1, -0.05) is 25.5 Å². The van der Waals surface area contributed by atoms with Gasteiger partial charge in [-0.05, 0) is 43.9 Å². The van der Waals surface area contributed by atoms with Crippen LogP contribution in [0, 0.1) is 30.0 Å². The molecule has 1 aliphatic heterocycles. The number of anilines is 1. The minimum Gasteiger partial charge on any atom is -0.342 e. The number of halogens is 1. The van der Waals surface area contributed by atoms with Gasteiger partial charge in [-0.2, -0.15) is 5.26 Å². The molecule has 0 bridgehead atoms. The van der Waals surface area contributed by atoms with Crippen LogP contribution in [-0.2, 0) is 7.05 Å². The van der Waals surface area contributed by atoms with E-state index in [1.54, 1.807) is 23.9 Å². The Kier molecular flexibility index (Phi) is 6.04. The van der Waals surface area contributed by atoms with Crippen molar-refractivity contribution >= 4 is 5.95 Å². The van der Waals surface area contributed by atoms with Crippen molar-refractivity contribution < 1.29 is 4.39 Å². The highest BCUT2D eigenvalue weighted by molar-refractivity contribution is 5.81. The van der Waals surface area contributed by atoms with Gasteiger partial charge in [0.05, 0.1) is 16.8 Å². The van der Waals surface area contributed by atoms with E-state index in [0.29, 0.717) is 34.3 Å². The Morgan fingerprint density at radius 3 is 2.50 bits per heavy atom. The monoisotopic (exact) mass is 431 g/mol. The fraction of sp³-hybridized carbons (Fsp3) is 0.360. The van der Waals surface area contributed by atoms with Crippen molar-refractivity contribution in [3.05, 3.63) is 64.0 Å². The predicted molar refractivity (Wildman–Crippen MR) is 123 cm³/mol. The minimum absolute atomic E-state index is 0.0435. The molecule has 32 heavy (non-hydrogen) atoms. The van der Waals surface area contributed by atoms with Crippen LogP contribution in [-0.4, -0.2) is 27.6 Å². The Morgan fingerprint density at radius 1 is 1.19 bits per heavy atom. The highest BCUT2D eigenvalue weighted by Crippen LogP contribution is 2.32. The summed E-state index contributed by atoms with van der Waals surface area (Å²) in [5, 5.41) is 9.10. The summed E-state index contributed by atoms with van der Waals surface area (Å²) in [4.78, 5) is 24.9. The van der Waals surface area contributed by atoms with Crippen LogP contribution in [0.1, 0.15) is 37.4 Å². The molecule has 0 aliphatic carbocycles. The summed E-state index contributed by atoms with van der Waals surface area (Å²) in [5.41, 5.74) is 2.43. The second kappa shape index (κ2) is 8.91. The SMILES string of the molecule is CCC1CCN(c2nc(-c3ccc(C#N)c(F)c3)c(-c3ccc(C)nc3)c(=O)n2C)CC1. The van der Waals surface area contributed by atoms with Crippen LogP contribution in [0.5, 0.6) is 0 Å². The van der Waals surface area contributed by atoms with Gasteiger partial charge in [-0.3, -0.25) is 14.3 Å². The van der Waals surface area contributed by atoms with E-state index in [4.69, 9.17) is 10.2 Å². The number of piperidine rings is 1. The van der Waals surface area contributed by atoms with E-state index < -0.39 is 5.82 Å². The topological polar surface area (TPSA) is 74.8 Å². The zero-order valence-electron chi connectivity index (χ0n) is 18.6. The third-order valence-corrected chi connectivity index (χ3v) is 6.30. The van der Waals surface area contributed by atoms with Crippen LogP contribution in [0.15, 0.2) is 41.3 Å². The molecule has 0 spiro atoms. The average molecular weight is 432 g/mol. The first-order valence-corrected chi connectivity index (χ1v) is 10.9. The maximum absolute atomic E-state index is 14.5. The number of nitrogens with zero attached hydrogens (tertiary/aromatic N) is 5. The van der Waals surface area contributed by atoms with Gasteiger partial charge >= 0.3 is 0 Å². The number of aryl methyl sites for hydroxylation is 1. The molecule has 0 atom stereocenters. The van der Waals surface area contributed by atoms with E-state index in [1.807, 2.05) is 25.1 Å². The quantitative estimate of drug-likeness (QED) is 0.610. The van der Waals surface area contributed by atoms with Crippen molar-refractivity contribution in [2.75, 3.05) is 18.0 Å². The maximum atomic E-state index is 14.5. The predicted octanol–water partition coefficient (Wildman–Crippen LogP) is 4.45. The molecule has 7 heteroatoms. The third-order valence-electron chi connectivity index (χ3n) is 6.30. The number of hydrogen-bond donors (Lipinski definition) is 0. The van der Waals surface area contributed by atoms with Gasteiger partial charge in [0.15, 0.2) is 0 Å². The van der Waals surface area contributed by atoms with Crippen LogP contribution in [0.4, 0.5) is 10.3 Å². The molecule has 0 radical (unpaired) electrons. The molecule has 0 saturated carbocycles. The van der Waals surface area contributed by atoms with E-state index in [1.165, 1.54) is 12.1 Å². The van der Waals surface area contributed by atoms with Gasteiger partial charge in [0, 0.05) is 43.2 Å². The molecule has 3 heterocycles. The van der Waals surface area contributed by atoms with E-state index in [0.717, 1.165) is 38.0 Å². The Bertz CT molecular complexity index is 1230. The summed E-state index contributed by atoms with van der Waals surface area (Å²) in [6, 6.07) is 9.85. The average Bonchev–Trinajstić information content (AvgIpc) is 2.81. The molecule has 1 aliphatic rings. The largest absolute Gasteiger partial charge is 0.342 e. The minimum atomic E-state index is -0.634. The molecular weight excluding hydrogens is 405 g/mol. The Hall–Kier alpha value is -3.53. The van der Waals surface area contributed by atoms with E-state index in [-0.39, 0.29) is 11.1 Å². The summed E-state index contributed by atoms with van der Waals surface area (Å²) in [7, 11) is 1.73. The van der Waals surface area contributed by atoms with Crippen LogP contribution >= 0.6 is 0 Å². The normalized spacial score (nSPS) is 14.4. The number of aromatic nitrogens is 3. The highest BCUT2D eigenvalue weighted by Gasteiger charge is 2.25. The van der Waals surface area contributed by atoms with Crippen LogP contribution in [0.25, 0.3) is 22.4 Å². The lowest BCUT2D eigenvalue weighted by molar-refractivity contribution is 0.390. The zero-order valence-corrected chi connectivity index (χ0v) is 18.6. The Labute approximate surface area is 187 Å². The molecular formula is C25H26FN5O. The number of rotatable bonds is 4. The molecule has 164 valence electrons. The molecule has 1 aromatic carbocycles. The number of benzene rings is 1. The summed E-state index contributed by atoms with van der Waals surface area (Å²) in [6.07, 6.45) is 4.90. The summed E-state index contributed by atoms with van der Waals surface area (Å²) < 4.78 is 16.1.